The van der Waals surface area contributed by atoms with Crippen LogP contribution < -0.4 is 9.64 Å². The first-order valence-electron chi connectivity index (χ1n) is 10.8. The van der Waals surface area contributed by atoms with Crippen LogP contribution in [0.1, 0.15) is 31.7 Å². The summed E-state index contributed by atoms with van der Waals surface area (Å²) in [6.07, 6.45) is -1.23. The van der Waals surface area contributed by atoms with Crippen molar-refractivity contribution in [2.75, 3.05) is 32.8 Å². The maximum absolute atomic E-state index is 13.6. The number of benzene rings is 2. The van der Waals surface area contributed by atoms with Gasteiger partial charge < -0.3 is 14.2 Å². The molecule has 1 saturated heterocycles. The molecule has 2 aromatic carbocycles. The Balaban J connectivity index is 1.98. The molecule has 1 unspecified atom stereocenters. The largest absolute Gasteiger partial charge is 0.497 e. The molecule has 0 radical (unpaired) electrons. The predicted molar refractivity (Wildman–Crippen MR) is 126 cm³/mol. The number of methoxy groups -OCH3 is 3. The average Bonchev–Trinajstić information content (AvgIpc) is 3.13. The lowest BCUT2D eigenvalue weighted by Gasteiger charge is -2.29. The van der Waals surface area contributed by atoms with Crippen LogP contribution in [0, 0.1) is 0 Å². The van der Waals surface area contributed by atoms with Crippen LogP contribution in [0.4, 0.5) is 5.69 Å². The van der Waals surface area contributed by atoms with Gasteiger partial charge in [-0.25, -0.2) is 13.3 Å². The standard InChI is InChI=1S/C24H30N2O7S/c1-16(2)17-6-8-18(9-7-17)26-22(27)14-21(24(26)28)25(15-23(32-4)33-5)34(29,30)20-12-10-19(31-3)11-13-20/h6-13,16,21,23H,14-15H2,1-5H3. The molecule has 0 aliphatic carbocycles. The third-order valence-electron chi connectivity index (χ3n) is 5.81. The van der Waals surface area contributed by atoms with Gasteiger partial charge in [0.05, 0.1) is 30.7 Å². The molecule has 3 rings (SSSR count). The Morgan fingerprint density at radius 3 is 2.06 bits per heavy atom. The van der Waals surface area contributed by atoms with E-state index >= 15 is 0 Å². The number of rotatable bonds is 10. The molecule has 10 heteroatoms. The molecule has 0 N–H and O–H groups in total. The summed E-state index contributed by atoms with van der Waals surface area (Å²) >= 11 is 0. The number of nitrogens with zero attached hydrogens (tertiary/aromatic N) is 2. The maximum Gasteiger partial charge on any atom is 0.252 e. The zero-order valence-electron chi connectivity index (χ0n) is 19.9. The van der Waals surface area contributed by atoms with Gasteiger partial charge in [-0.2, -0.15) is 4.31 Å². The topological polar surface area (TPSA) is 102 Å². The average molecular weight is 491 g/mol. The molecule has 184 valence electrons. The second kappa shape index (κ2) is 10.6. The van der Waals surface area contributed by atoms with Crippen molar-refractivity contribution < 1.29 is 32.2 Å². The fourth-order valence-electron chi connectivity index (χ4n) is 3.79. The van der Waals surface area contributed by atoms with Gasteiger partial charge in [0.1, 0.15) is 11.8 Å². The Hall–Kier alpha value is -2.79. The van der Waals surface area contributed by atoms with Crippen molar-refractivity contribution in [2.45, 2.75) is 43.4 Å². The minimum atomic E-state index is -4.19. The summed E-state index contributed by atoms with van der Waals surface area (Å²) in [6.45, 7) is 3.81. The van der Waals surface area contributed by atoms with E-state index in [2.05, 4.69) is 0 Å². The number of hydrogen-bond donors (Lipinski definition) is 0. The molecule has 0 aromatic heterocycles. The number of anilines is 1. The normalized spacial score (nSPS) is 16.8. The van der Waals surface area contributed by atoms with Gasteiger partial charge in [-0.3, -0.25) is 9.59 Å². The van der Waals surface area contributed by atoms with Crippen molar-refractivity contribution in [2.24, 2.45) is 0 Å². The van der Waals surface area contributed by atoms with E-state index in [-0.39, 0.29) is 23.8 Å². The molecule has 9 nitrogen and oxygen atoms in total. The zero-order chi connectivity index (χ0) is 25.0. The third kappa shape index (κ3) is 5.15. The lowest BCUT2D eigenvalue weighted by Crippen LogP contribution is -2.49. The molecule has 0 saturated carbocycles. The molecule has 0 bridgehead atoms. The Morgan fingerprint density at radius 2 is 1.56 bits per heavy atom. The molecular formula is C24H30N2O7S. The highest BCUT2D eigenvalue weighted by molar-refractivity contribution is 7.89. The molecule has 2 amide bonds. The smallest absolute Gasteiger partial charge is 0.252 e. The van der Waals surface area contributed by atoms with Crippen molar-refractivity contribution in [1.82, 2.24) is 4.31 Å². The van der Waals surface area contributed by atoms with Gasteiger partial charge in [-0.15, -0.1) is 0 Å². The van der Waals surface area contributed by atoms with Gasteiger partial charge >= 0.3 is 0 Å². The minimum absolute atomic E-state index is 0.0424. The van der Waals surface area contributed by atoms with Gasteiger partial charge in [-0.05, 0) is 47.9 Å². The van der Waals surface area contributed by atoms with Gasteiger partial charge in [-0.1, -0.05) is 26.0 Å². The highest BCUT2D eigenvalue weighted by Gasteiger charge is 2.47. The number of carbonyl (C=O) groups excluding carboxylic acids is 2. The number of carbonyl (C=O) groups is 2. The lowest BCUT2D eigenvalue weighted by atomic mass is 10.0. The van der Waals surface area contributed by atoms with E-state index in [4.69, 9.17) is 14.2 Å². The third-order valence-corrected chi connectivity index (χ3v) is 7.70. The van der Waals surface area contributed by atoms with E-state index < -0.39 is 34.2 Å². The van der Waals surface area contributed by atoms with E-state index in [0.29, 0.717) is 11.4 Å². The summed E-state index contributed by atoms with van der Waals surface area (Å²) in [7, 11) is 0.0315. The molecule has 34 heavy (non-hydrogen) atoms. The summed E-state index contributed by atoms with van der Waals surface area (Å²) < 4.78 is 43.7. The number of imide groups is 1. The van der Waals surface area contributed by atoms with Crippen molar-refractivity contribution in [3.05, 3.63) is 54.1 Å². The monoisotopic (exact) mass is 490 g/mol. The Labute approximate surface area is 200 Å². The van der Waals surface area contributed by atoms with Crippen molar-refractivity contribution in [3.8, 4) is 5.75 Å². The summed E-state index contributed by atoms with van der Waals surface area (Å²) in [5.41, 5.74) is 1.46. The summed E-state index contributed by atoms with van der Waals surface area (Å²) in [5.74, 6) is -0.323. The number of ether oxygens (including phenoxy) is 3. The summed E-state index contributed by atoms with van der Waals surface area (Å²) in [4.78, 5) is 27.3. The molecule has 0 spiro atoms. The quantitative estimate of drug-likeness (QED) is 0.373. The minimum Gasteiger partial charge on any atom is -0.497 e. The first-order chi connectivity index (χ1) is 16.1. The predicted octanol–water partition coefficient (Wildman–Crippen LogP) is 2.76. The second-order valence-corrected chi connectivity index (χ2v) is 10.1. The number of amides is 2. The van der Waals surface area contributed by atoms with Gasteiger partial charge in [0.25, 0.3) is 5.91 Å². The SMILES string of the molecule is COc1ccc(S(=O)(=O)N(CC(OC)OC)C2CC(=O)N(c3ccc(C(C)C)cc3)C2=O)cc1. The van der Waals surface area contributed by atoms with Crippen molar-refractivity contribution in [1.29, 1.82) is 0 Å². The molecular weight excluding hydrogens is 460 g/mol. The van der Waals surface area contributed by atoms with Crippen LogP contribution in [0.3, 0.4) is 0 Å². The number of sulfonamides is 1. The van der Waals surface area contributed by atoms with Crippen LogP contribution in [-0.4, -0.2) is 64.7 Å². The molecule has 1 aliphatic rings. The van der Waals surface area contributed by atoms with Gasteiger partial charge in [0.2, 0.25) is 15.9 Å². The first-order valence-corrected chi connectivity index (χ1v) is 12.3. The van der Waals surface area contributed by atoms with Crippen LogP contribution in [0.2, 0.25) is 0 Å². The van der Waals surface area contributed by atoms with Crippen LogP contribution in [0.5, 0.6) is 5.75 Å². The first kappa shape index (κ1) is 25.8. The van der Waals surface area contributed by atoms with E-state index in [0.717, 1.165) is 14.8 Å². The summed E-state index contributed by atoms with van der Waals surface area (Å²) in [5, 5.41) is 0. The Morgan fingerprint density at radius 1 is 0.971 bits per heavy atom. The lowest BCUT2D eigenvalue weighted by molar-refractivity contribution is -0.125. The van der Waals surface area contributed by atoms with E-state index in [9.17, 15) is 18.0 Å². The van der Waals surface area contributed by atoms with Crippen molar-refractivity contribution in [3.63, 3.8) is 0 Å². The fraction of sp³-hybridized carbons (Fsp3) is 0.417. The van der Waals surface area contributed by atoms with Crippen molar-refractivity contribution >= 4 is 27.5 Å². The molecule has 1 atom stereocenters. The zero-order valence-corrected chi connectivity index (χ0v) is 20.7. The highest BCUT2D eigenvalue weighted by atomic mass is 32.2. The van der Waals surface area contributed by atoms with Crippen LogP contribution in [0.15, 0.2) is 53.4 Å². The molecule has 1 heterocycles. The van der Waals surface area contributed by atoms with E-state index in [1.807, 2.05) is 26.0 Å². The maximum atomic E-state index is 13.6. The highest BCUT2D eigenvalue weighted by Crippen LogP contribution is 2.31. The van der Waals surface area contributed by atoms with E-state index in [1.165, 1.54) is 45.6 Å². The van der Waals surface area contributed by atoms with Crippen LogP contribution in [-0.2, 0) is 29.1 Å². The number of hydrogen-bond acceptors (Lipinski definition) is 7. The Kier molecular flexibility index (Phi) is 8.09. The second-order valence-electron chi connectivity index (χ2n) is 8.18. The van der Waals surface area contributed by atoms with Gasteiger partial charge in [0.15, 0.2) is 6.29 Å². The Bertz CT molecular complexity index is 1110. The fourth-order valence-corrected chi connectivity index (χ4v) is 5.36. The molecule has 2 aromatic rings. The van der Waals surface area contributed by atoms with Crippen LogP contribution in [0.25, 0.3) is 0 Å². The van der Waals surface area contributed by atoms with Gasteiger partial charge in [0, 0.05) is 14.2 Å². The molecule has 1 fully saturated rings. The van der Waals surface area contributed by atoms with Crippen LogP contribution >= 0.6 is 0 Å². The van der Waals surface area contributed by atoms with E-state index in [1.54, 1.807) is 12.1 Å². The molecule has 1 aliphatic heterocycles. The summed E-state index contributed by atoms with van der Waals surface area (Å²) in [6, 6.07) is 11.7.